The lowest BCUT2D eigenvalue weighted by atomic mass is 10.1. The fourth-order valence-electron chi connectivity index (χ4n) is 1.49. The second-order valence-electron chi connectivity index (χ2n) is 3.90. The minimum atomic E-state index is -4.01. The number of hydrogen-bond donors (Lipinski definition) is 2. The van der Waals surface area contributed by atoms with Crippen LogP contribution in [0.2, 0.25) is 0 Å². The van der Waals surface area contributed by atoms with Crippen LogP contribution in [-0.2, 0) is 21.2 Å². The van der Waals surface area contributed by atoms with Gasteiger partial charge >= 0.3 is 0 Å². The molecule has 9 heteroatoms. The van der Waals surface area contributed by atoms with Gasteiger partial charge in [-0.05, 0) is 17.7 Å². The molecule has 20 heavy (non-hydrogen) atoms. The number of methoxy groups -OCH3 is 1. The smallest absolute Gasteiger partial charge is 0.255 e. The van der Waals surface area contributed by atoms with Crippen molar-refractivity contribution in [1.82, 2.24) is 5.32 Å². The van der Waals surface area contributed by atoms with Gasteiger partial charge in [-0.1, -0.05) is 6.07 Å². The van der Waals surface area contributed by atoms with Gasteiger partial charge in [-0.2, -0.15) is 0 Å². The van der Waals surface area contributed by atoms with Crippen molar-refractivity contribution in [1.29, 1.82) is 0 Å². The zero-order chi connectivity index (χ0) is 15.3. The Morgan fingerprint density at radius 2 is 2.10 bits per heavy atom. The molecule has 0 aliphatic carbocycles. The first-order valence-corrected chi connectivity index (χ1v) is 7.03. The van der Waals surface area contributed by atoms with Crippen molar-refractivity contribution in [2.24, 2.45) is 5.14 Å². The first-order chi connectivity index (χ1) is 9.24. The van der Waals surface area contributed by atoms with Crippen LogP contribution >= 0.6 is 0 Å². The summed E-state index contributed by atoms with van der Waals surface area (Å²) in [5, 5.41) is 7.04. The van der Waals surface area contributed by atoms with Gasteiger partial charge in [-0.3, -0.25) is 4.79 Å². The van der Waals surface area contributed by atoms with Crippen LogP contribution in [-0.4, -0.2) is 34.4 Å². The van der Waals surface area contributed by atoms with Gasteiger partial charge in [0.1, 0.15) is 10.6 Å². The lowest BCUT2D eigenvalue weighted by Crippen LogP contribution is -2.29. The minimum Gasteiger partial charge on any atom is -0.495 e. The summed E-state index contributed by atoms with van der Waals surface area (Å²) in [6, 6.07) is 3.97. The fourth-order valence-corrected chi connectivity index (χ4v) is 2.24. The lowest BCUT2D eigenvalue weighted by molar-refractivity contribution is -0.121. The monoisotopic (exact) mass is 308 g/mol. The maximum Gasteiger partial charge on any atom is 0.255 e. The number of hydrogen-bond acceptors (Lipinski definition) is 4. The van der Waals surface area contributed by atoms with Crippen LogP contribution in [0.25, 0.3) is 0 Å². The number of rotatable bonds is 6. The maximum absolute atomic E-state index is 11.9. The van der Waals surface area contributed by atoms with Gasteiger partial charge in [0, 0.05) is 0 Å². The van der Waals surface area contributed by atoms with Crippen LogP contribution in [0, 0.1) is 0 Å². The molecule has 0 saturated carbocycles. The van der Waals surface area contributed by atoms with Gasteiger partial charge < -0.3 is 10.1 Å². The highest BCUT2D eigenvalue weighted by atomic mass is 32.2. The van der Waals surface area contributed by atoms with Crippen molar-refractivity contribution < 1.29 is 26.7 Å². The van der Waals surface area contributed by atoms with Crippen LogP contribution in [0.5, 0.6) is 5.75 Å². The van der Waals surface area contributed by atoms with E-state index in [9.17, 15) is 22.0 Å². The van der Waals surface area contributed by atoms with E-state index in [1.54, 1.807) is 0 Å². The molecular formula is C11H14F2N2O4S. The Hall–Kier alpha value is -1.74. The van der Waals surface area contributed by atoms with E-state index in [2.05, 4.69) is 0 Å². The highest BCUT2D eigenvalue weighted by molar-refractivity contribution is 7.89. The minimum absolute atomic E-state index is 0.0456. The number of carbonyl (C=O) groups is 1. The number of primary sulfonamides is 1. The second-order valence-corrected chi connectivity index (χ2v) is 5.43. The fraction of sp³-hybridized carbons (Fsp3) is 0.364. The standard InChI is InChI=1S/C11H14F2N2O4S/c1-19-8-3-2-7(4-9(8)20(14,17)18)5-11(16)15-6-10(12)13/h2-4,10H,5-6H2,1H3,(H,15,16)(H2,14,17,18). The first-order valence-electron chi connectivity index (χ1n) is 5.48. The summed E-state index contributed by atoms with van der Waals surface area (Å²) < 4.78 is 51.4. The van der Waals surface area contributed by atoms with E-state index in [1.807, 2.05) is 5.32 Å². The van der Waals surface area contributed by atoms with Crippen LogP contribution < -0.4 is 15.2 Å². The topological polar surface area (TPSA) is 98.5 Å². The largest absolute Gasteiger partial charge is 0.495 e. The van der Waals surface area contributed by atoms with Gasteiger partial charge in [0.15, 0.2) is 0 Å². The predicted molar refractivity (Wildman–Crippen MR) is 67.1 cm³/mol. The number of sulfonamides is 1. The van der Waals surface area contributed by atoms with E-state index in [1.165, 1.54) is 25.3 Å². The highest BCUT2D eigenvalue weighted by Gasteiger charge is 2.16. The number of nitrogens with two attached hydrogens (primary N) is 1. The molecule has 1 aromatic carbocycles. The van der Waals surface area contributed by atoms with Crippen molar-refractivity contribution in [3.05, 3.63) is 23.8 Å². The van der Waals surface area contributed by atoms with Crippen molar-refractivity contribution in [2.45, 2.75) is 17.7 Å². The molecule has 1 amide bonds. The molecule has 0 aliphatic rings. The molecule has 1 aromatic rings. The van der Waals surface area contributed by atoms with Gasteiger partial charge in [0.2, 0.25) is 15.9 Å². The molecule has 0 aliphatic heterocycles. The molecule has 0 unspecified atom stereocenters. The van der Waals surface area contributed by atoms with Gasteiger partial charge in [-0.15, -0.1) is 0 Å². The Bertz CT molecular complexity index is 590. The zero-order valence-electron chi connectivity index (χ0n) is 10.6. The predicted octanol–water partition coefficient (Wildman–Crippen LogP) is 0.266. The molecular weight excluding hydrogens is 294 g/mol. The molecule has 0 fully saturated rings. The molecule has 0 bridgehead atoms. The van der Waals surface area contributed by atoms with Crippen LogP contribution in [0.4, 0.5) is 8.78 Å². The molecule has 0 heterocycles. The Balaban J connectivity index is 2.90. The van der Waals surface area contributed by atoms with Gasteiger partial charge in [-0.25, -0.2) is 22.3 Å². The number of halogens is 2. The van der Waals surface area contributed by atoms with Crippen molar-refractivity contribution in [3.63, 3.8) is 0 Å². The quantitative estimate of drug-likeness (QED) is 0.788. The third-order valence-corrected chi connectivity index (χ3v) is 3.28. The Morgan fingerprint density at radius 1 is 1.45 bits per heavy atom. The summed E-state index contributed by atoms with van der Waals surface area (Å²) in [5.41, 5.74) is 0.321. The first kappa shape index (κ1) is 16.3. The SMILES string of the molecule is COc1ccc(CC(=O)NCC(F)F)cc1S(N)(=O)=O. The number of amides is 1. The summed E-state index contributed by atoms with van der Waals surface area (Å²) in [4.78, 5) is 11.1. The van der Waals surface area contributed by atoms with E-state index in [4.69, 9.17) is 9.88 Å². The Kier molecular flexibility index (Phi) is 5.40. The molecule has 1 rings (SSSR count). The summed E-state index contributed by atoms with van der Waals surface area (Å²) in [5.74, 6) is -0.597. The molecule has 112 valence electrons. The number of carbonyl (C=O) groups excluding carboxylic acids is 1. The van der Waals surface area contributed by atoms with Crippen molar-refractivity contribution >= 4 is 15.9 Å². The van der Waals surface area contributed by atoms with E-state index < -0.39 is 28.9 Å². The Labute approximate surface area is 115 Å². The summed E-state index contributed by atoms with van der Waals surface area (Å²) in [7, 11) is -2.73. The highest BCUT2D eigenvalue weighted by Crippen LogP contribution is 2.23. The van der Waals surface area contributed by atoms with E-state index in [0.29, 0.717) is 5.56 Å². The third kappa shape index (κ3) is 4.74. The summed E-state index contributed by atoms with van der Waals surface area (Å²) >= 11 is 0. The Morgan fingerprint density at radius 3 is 2.60 bits per heavy atom. The summed E-state index contributed by atoms with van der Waals surface area (Å²) in [6.07, 6.45) is -2.88. The average molecular weight is 308 g/mol. The van der Waals surface area contributed by atoms with E-state index in [0.717, 1.165) is 0 Å². The summed E-state index contributed by atoms with van der Waals surface area (Å²) in [6.45, 7) is -0.753. The molecule has 6 nitrogen and oxygen atoms in total. The molecule has 0 atom stereocenters. The zero-order valence-corrected chi connectivity index (χ0v) is 11.4. The van der Waals surface area contributed by atoms with Crippen LogP contribution in [0.3, 0.4) is 0 Å². The number of benzene rings is 1. The molecule has 0 aromatic heterocycles. The van der Waals surface area contributed by atoms with E-state index in [-0.39, 0.29) is 17.1 Å². The van der Waals surface area contributed by atoms with Crippen molar-refractivity contribution in [2.75, 3.05) is 13.7 Å². The number of nitrogens with one attached hydrogen (secondary N) is 1. The molecule has 3 N–H and O–H groups in total. The maximum atomic E-state index is 11.9. The molecule has 0 saturated heterocycles. The normalized spacial score (nSPS) is 11.4. The van der Waals surface area contributed by atoms with Gasteiger partial charge in [0.25, 0.3) is 6.43 Å². The molecule has 0 radical (unpaired) electrons. The third-order valence-electron chi connectivity index (χ3n) is 2.35. The lowest BCUT2D eigenvalue weighted by Gasteiger charge is -2.09. The van der Waals surface area contributed by atoms with Crippen molar-refractivity contribution in [3.8, 4) is 5.75 Å². The average Bonchev–Trinajstić information content (AvgIpc) is 2.35. The molecule has 0 spiro atoms. The van der Waals surface area contributed by atoms with E-state index >= 15 is 0 Å². The van der Waals surface area contributed by atoms with Gasteiger partial charge in [0.05, 0.1) is 20.1 Å². The second kappa shape index (κ2) is 6.62. The van der Waals surface area contributed by atoms with Crippen LogP contribution in [0.1, 0.15) is 5.56 Å². The number of alkyl halides is 2. The van der Waals surface area contributed by atoms with Crippen LogP contribution in [0.15, 0.2) is 23.1 Å². The number of ether oxygens (including phenoxy) is 1.